The maximum Gasteiger partial charge on any atom is 0.253 e. The average Bonchev–Trinajstić information content (AvgIpc) is 2.64. The minimum Gasteiger partial charge on any atom is -0.355 e. The molecule has 1 aromatic rings. The highest BCUT2D eigenvalue weighted by molar-refractivity contribution is 6.04. The van der Waals surface area contributed by atoms with Crippen molar-refractivity contribution >= 4 is 11.7 Å². The Bertz CT molecular complexity index is 460. The van der Waals surface area contributed by atoms with Crippen LogP contribution in [0.2, 0.25) is 0 Å². The van der Waals surface area contributed by atoms with Crippen molar-refractivity contribution in [3.05, 3.63) is 22.5 Å². The van der Waals surface area contributed by atoms with E-state index in [-0.39, 0.29) is 11.7 Å². The van der Waals surface area contributed by atoms with Crippen LogP contribution in [0, 0.1) is 6.92 Å². The molecule has 0 radical (unpaired) electrons. The molecule has 0 spiro atoms. The third kappa shape index (κ3) is 2.12. The van der Waals surface area contributed by atoms with Gasteiger partial charge in [-0.25, -0.2) is 0 Å². The zero-order valence-electron chi connectivity index (χ0n) is 10.4. The van der Waals surface area contributed by atoms with Crippen LogP contribution in [-0.2, 0) is 6.42 Å². The smallest absolute Gasteiger partial charge is 0.253 e. The van der Waals surface area contributed by atoms with Crippen LogP contribution < -0.4 is 5.32 Å². The third-order valence-corrected chi connectivity index (χ3v) is 3.16. The summed E-state index contributed by atoms with van der Waals surface area (Å²) in [6.45, 7) is 4.54. The van der Waals surface area contributed by atoms with Crippen molar-refractivity contribution in [1.29, 1.82) is 0 Å². The number of carbonyl (C=O) groups is 2. The molecular formula is C13H18N2O2. The zero-order chi connectivity index (χ0) is 12.4. The quantitative estimate of drug-likeness (QED) is 0.840. The van der Waals surface area contributed by atoms with Crippen LogP contribution in [0.3, 0.4) is 0 Å². The minimum absolute atomic E-state index is 0.0587. The van der Waals surface area contributed by atoms with Crippen LogP contribution in [0.25, 0.3) is 0 Å². The highest BCUT2D eigenvalue weighted by Gasteiger charge is 2.26. The van der Waals surface area contributed by atoms with E-state index < -0.39 is 0 Å². The Labute approximate surface area is 101 Å². The number of rotatable bonds is 3. The molecule has 17 heavy (non-hydrogen) atoms. The Kier molecular flexibility index (Phi) is 3.31. The maximum atomic E-state index is 12.0. The molecule has 0 fully saturated rings. The average molecular weight is 234 g/mol. The summed E-state index contributed by atoms with van der Waals surface area (Å²) in [6.07, 6.45) is 3.16. The Morgan fingerprint density at radius 3 is 2.88 bits per heavy atom. The molecule has 92 valence electrons. The second-order valence-electron chi connectivity index (χ2n) is 4.51. The fourth-order valence-corrected chi connectivity index (χ4v) is 2.35. The van der Waals surface area contributed by atoms with Crippen molar-refractivity contribution in [2.45, 2.75) is 39.5 Å². The summed E-state index contributed by atoms with van der Waals surface area (Å²) in [5, 5.41) is 2.87. The van der Waals surface area contributed by atoms with E-state index in [2.05, 4.69) is 10.3 Å². The molecule has 1 amide bonds. The molecule has 0 atom stereocenters. The van der Waals surface area contributed by atoms with Gasteiger partial charge in [0.15, 0.2) is 5.78 Å². The van der Waals surface area contributed by atoms with Gasteiger partial charge in [0.1, 0.15) is 0 Å². The molecule has 0 aliphatic heterocycles. The van der Waals surface area contributed by atoms with E-state index in [1.165, 1.54) is 0 Å². The molecular weight excluding hydrogens is 216 g/mol. The van der Waals surface area contributed by atoms with Crippen molar-refractivity contribution < 1.29 is 9.59 Å². The molecule has 0 saturated carbocycles. The first-order valence-electron chi connectivity index (χ1n) is 6.18. The van der Waals surface area contributed by atoms with Crippen LogP contribution >= 0.6 is 0 Å². The van der Waals surface area contributed by atoms with Gasteiger partial charge in [0, 0.05) is 18.7 Å². The lowest BCUT2D eigenvalue weighted by Crippen LogP contribution is -2.26. The standard InChI is InChI=1S/C13H18N2O2/c1-3-7-14-13(17)11-8(2)15-12-9(11)5-4-6-10(12)16/h15H,3-7H2,1-2H3,(H,14,17). The van der Waals surface area contributed by atoms with Gasteiger partial charge in [-0.2, -0.15) is 0 Å². The summed E-state index contributed by atoms with van der Waals surface area (Å²) in [5.74, 6) is 0.0699. The first-order chi connectivity index (χ1) is 8.15. The van der Waals surface area contributed by atoms with Crippen LogP contribution in [0.15, 0.2) is 0 Å². The summed E-state index contributed by atoms with van der Waals surface area (Å²) in [4.78, 5) is 26.8. The molecule has 0 unspecified atom stereocenters. The van der Waals surface area contributed by atoms with Crippen molar-refractivity contribution in [3.63, 3.8) is 0 Å². The molecule has 2 N–H and O–H groups in total. The molecule has 0 saturated heterocycles. The van der Waals surface area contributed by atoms with Crippen LogP contribution in [-0.4, -0.2) is 23.2 Å². The van der Waals surface area contributed by atoms with Crippen molar-refractivity contribution in [2.24, 2.45) is 0 Å². The maximum absolute atomic E-state index is 12.0. The lowest BCUT2D eigenvalue weighted by Gasteiger charge is -2.11. The third-order valence-electron chi connectivity index (χ3n) is 3.16. The second-order valence-corrected chi connectivity index (χ2v) is 4.51. The molecule has 1 aliphatic rings. The minimum atomic E-state index is -0.0587. The van der Waals surface area contributed by atoms with Gasteiger partial charge in [-0.15, -0.1) is 0 Å². The fraction of sp³-hybridized carbons (Fsp3) is 0.538. The van der Waals surface area contributed by atoms with E-state index in [0.717, 1.165) is 30.5 Å². The normalized spacial score (nSPS) is 14.6. The first-order valence-corrected chi connectivity index (χ1v) is 6.18. The SMILES string of the molecule is CCCNC(=O)c1c(C)[nH]c2c1CCCC2=O. The summed E-state index contributed by atoms with van der Waals surface area (Å²) in [6, 6.07) is 0. The first kappa shape index (κ1) is 11.9. The summed E-state index contributed by atoms with van der Waals surface area (Å²) in [5.41, 5.74) is 3.04. The zero-order valence-corrected chi connectivity index (χ0v) is 10.4. The van der Waals surface area contributed by atoms with E-state index in [1.54, 1.807) is 0 Å². The Morgan fingerprint density at radius 2 is 2.18 bits per heavy atom. The van der Waals surface area contributed by atoms with Gasteiger partial charge >= 0.3 is 0 Å². The van der Waals surface area contributed by atoms with Gasteiger partial charge in [-0.05, 0) is 31.7 Å². The predicted octanol–water partition coefficient (Wildman–Crippen LogP) is 1.98. The van der Waals surface area contributed by atoms with E-state index in [0.29, 0.717) is 24.2 Å². The predicted molar refractivity (Wildman–Crippen MR) is 65.4 cm³/mol. The number of nitrogens with one attached hydrogen (secondary N) is 2. The van der Waals surface area contributed by atoms with E-state index in [9.17, 15) is 9.59 Å². The number of aryl methyl sites for hydroxylation is 1. The van der Waals surface area contributed by atoms with E-state index in [1.807, 2.05) is 13.8 Å². The molecule has 4 nitrogen and oxygen atoms in total. The highest BCUT2D eigenvalue weighted by atomic mass is 16.1. The number of hydrogen-bond donors (Lipinski definition) is 2. The molecule has 0 bridgehead atoms. The highest BCUT2D eigenvalue weighted by Crippen LogP contribution is 2.26. The van der Waals surface area contributed by atoms with Crippen LogP contribution in [0.4, 0.5) is 0 Å². The molecule has 1 aliphatic carbocycles. The number of aromatic amines is 1. The largest absolute Gasteiger partial charge is 0.355 e. The number of carbonyl (C=O) groups excluding carboxylic acids is 2. The molecule has 1 heterocycles. The van der Waals surface area contributed by atoms with Crippen molar-refractivity contribution in [3.8, 4) is 0 Å². The molecule has 2 rings (SSSR count). The number of H-pyrrole nitrogens is 1. The fourth-order valence-electron chi connectivity index (χ4n) is 2.35. The van der Waals surface area contributed by atoms with Gasteiger partial charge in [0.25, 0.3) is 5.91 Å². The van der Waals surface area contributed by atoms with Gasteiger partial charge in [-0.3, -0.25) is 9.59 Å². The number of Topliss-reactive ketones (excluding diaryl/α,β-unsaturated/α-hetero) is 1. The second kappa shape index (κ2) is 4.73. The summed E-state index contributed by atoms with van der Waals surface area (Å²) in [7, 11) is 0. The Balaban J connectivity index is 2.34. The Hall–Kier alpha value is -1.58. The van der Waals surface area contributed by atoms with Crippen LogP contribution in [0.5, 0.6) is 0 Å². The molecule has 0 aromatic carbocycles. The topological polar surface area (TPSA) is 62.0 Å². The van der Waals surface area contributed by atoms with Crippen molar-refractivity contribution in [1.82, 2.24) is 10.3 Å². The van der Waals surface area contributed by atoms with Gasteiger partial charge in [0.05, 0.1) is 11.3 Å². The Morgan fingerprint density at radius 1 is 1.41 bits per heavy atom. The van der Waals surface area contributed by atoms with Gasteiger partial charge in [-0.1, -0.05) is 6.92 Å². The number of hydrogen-bond acceptors (Lipinski definition) is 2. The van der Waals surface area contributed by atoms with E-state index >= 15 is 0 Å². The van der Waals surface area contributed by atoms with Crippen LogP contribution in [0.1, 0.15) is 58.3 Å². The number of aromatic nitrogens is 1. The monoisotopic (exact) mass is 234 g/mol. The lowest BCUT2D eigenvalue weighted by molar-refractivity contribution is 0.0952. The van der Waals surface area contributed by atoms with Gasteiger partial charge in [0.2, 0.25) is 0 Å². The number of amides is 1. The van der Waals surface area contributed by atoms with Gasteiger partial charge < -0.3 is 10.3 Å². The molecule has 1 aromatic heterocycles. The summed E-state index contributed by atoms with van der Waals surface area (Å²) >= 11 is 0. The summed E-state index contributed by atoms with van der Waals surface area (Å²) < 4.78 is 0. The molecule has 4 heteroatoms. The number of ketones is 1. The van der Waals surface area contributed by atoms with Crippen molar-refractivity contribution in [2.75, 3.05) is 6.54 Å². The number of fused-ring (bicyclic) bond motifs is 1. The lowest BCUT2D eigenvalue weighted by atomic mass is 9.93. The van der Waals surface area contributed by atoms with E-state index in [4.69, 9.17) is 0 Å².